The first-order chi connectivity index (χ1) is 7.77. The Morgan fingerprint density at radius 3 is 2.00 bits per heavy atom. The summed E-state index contributed by atoms with van der Waals surface area (Å²) in [6.07, 6.45) is 7.44. The van der Waals surface area contributed by atoms with Gasteiger partial charge in [-0.25, -0.2) is 4.39 Å². The van der Waals surface area contributed by atoms with Crippen LogP contribution in [-0.4, -0.2) is 5.67 Å². The average molecular weight is 234 g/mol. The molecule has 0 rings (SSSR count). The lowest BCUT2D eigenvalue weighted by Crippen LogP contribution is -2.17. The van der Waals surface area contributed by atoms with E-state index in [1.54, 1.807) is 12.2 Å². The molecule has 0 amide bonds. The fraction of sp³-hybridized carbons (Fsp3) is 0.375. The van der Waals surface area contributed by atoms with E-state index in [0.717, 1.165) is 11.1 Å². The smallest absolute Gasteiger partial charge is 0.130 e. The van der Waals surface area contributed by atoms with Crippen molar-refractivity contribution in [2.75, 3.05) is 0 Å². The lowest BCUT2D eigenvalue weighted by molar-refractivity contribution is 0.272. The van der Waals surface area contributed by atoms with Gasteiger partial charge in [-0.1, -0.05) is 43.0 Å². The van der Waals surface area contributed by atoms with Gasteiger partial charge in [0.2, 0.25) is 0 Å². The molecular formula is C16H23F. The Balaban J connectivity index is 5.42. The molecule has 0 aliphatic rings. The van der Waals surface area contributed by atoms with Crippen molar-refractivity contribution in [2.24, 2.45) is 0 Å². The minimum atomic E-state index is -1.39. The lowest BCUT2D eigenvalue weighted by Gasteiger charge is -2.21. The first-order valence-corrected chi connectivity index (χ1v) is 5.80. The molecule has 0 nitrogen and oxygen atoms in total. The zero-order valence-corrected chi connectivity index (χ0v) is 11.6. The van der Waals surface area contributed by atoms with Crippen LogP contribution in [0.15, 0.2) is 59.8 Å². The molecule has 0 aliphatic carbocycles. The molecule has 0 heterocycles. The van der Waals surface area contributed by atoms with Crippen molar-refractivity contribution in [3.63, 3.8) is 0 Å². The fourth-order valence-corrected chi connectivity index (χ4v) is 1.63. The van der Waals surface area contributed by atoms with Crippen LogP contribution >= 0.6 is 0 Å². The van der Waals surface area contributed by atoms with Crippen LogP contribution in [0.5, 0.6) is 0 Å². The highest BCUT2D eigenvalue weighted by Crippen LogP contribution is 2.31. The summed E-state index contributed by atoms with van der Waals surface area (Å²) >= 11 is 0. The summed E-state index contributed by atoms with van der Waals surface area (Å²) in [5.41, 5.74) is 1.87. The Kier molecular flexibility index (Phi) is 5.87. The minimum absolute atomic E-state index is 0.604. The van der Waals surface area contributed by atoms with Gasteiger partial charge in [-0.2, -0.15) is 0 Å². The zero-order valence-electron chi connectivity index (χ0n) is 11.6. The molecule has 17 heavy (non-hydrogen) atoms. The Bertz CT molecular complexity index is 384. The summed E-state index contributed by atoms with van der Waals surface area (Å²) in [7, 11) is 0. The van der Waals surface area contributed by atoms with Crippen LogP contribution in [0.25, 0.3) is 0 Å². The van der Waals surface area contributed by atoms with Gasteiger partial charge in [-0.05, 0) is 51.3 Å². The Hall–Kier alpha value is -1.37. The van der Waals surface area contributed by atoms with Crippen LogP contribution in [-0.2, 0) is 0 Å². The lowest BCUT2D eigenvalue weighted by atomic mass is 9.88. The third-order valence-electron chi connectivity index (χ3n) is 2.66. The number of halogens is 1. The standard InChI is InChI=1S/C16H23F/c1-8-12(4)11-14(9-2)13(5)15(10-3)16(6,7)17/h8-11H,2,5H2,1,3-4,6-7H3/b12-8-,14-11+,15-10+. The monoisotopic (exact) mass is 234 g/mol. The topological polar surface area (TPSA) is 0 Å². The van der Waals surface area contributed by atoms with Crippen molar-refractivity contribution < 1.29 is 4.39 Å². The highest BCUT2D eigenvalue weighted by molar-refractivity contribution is 5.54. The van der Waals surface area contributed by atoms with Crippen LogP contribution in [0.2, 0.25) is 0 Å². The maximum Gasteiger partial charge on any atom is 0.130 e. The van der Waals surface area contributed by atoms with Gasteiger partial charge in [-0.3, -0.25) is 0 Å². The molecule has 0 bridgehead atoms. The van der Waals surface area contributed by atoms with Crippen molar-refractivity contribution in [3.05, 3.63) is 59.8 Å². The van der Waals surface area contributed by atoms with Gasteiger partial charge in [0.15, 0.2) is 0 Å². The van der Waals surface area contributed by atoms with Crippen molar-refractivity contribution in [3.8, 4) is 0 Å². The molecule has 94 valence electrons. The van der Waals surface area contributed by atoms with Crippen molar-refractivity contribution in [2.45, 2.75) is 40.3 Å². The predicted octanol–water partition coefficient (Wildman–Crippen LogP) is 5.32. The number of hydrogen-bond acceptors (Lipinski definition) is 0. The summed E-state index contributed by atoms with van der Waals surface area (Å²) in [5.74, 6) is 0. The van der Waals surface area contributed by atoms with E-state index in [9.17, 15) is 4.39 Å². The second-order valence-corrected chi connectivity index (χ2v) is 4.49. The maximum atomic E-state index is 14.0. The van der Waals surface area contributed by atoms with E-state index in [-0.39, 0.29) is 0 Å². The third-order valence-corrected chi connectivity index (χ3v) is 2.66. The largest absolute Gasteiger partial charge is 0.239 e. The van der Waals surface area contributed by atoms with E-state index >= 15 is 0 Å². The Morgan fingerprint density at radius 2 is 1.71 bits per heavy atom. The molecule has 0 aromatic rings. The van der Waals surface area contributed by atoms with E-state index in [0.29, 0.717) is 11.1 Å². The normalized spacial score (nSPS) is 14.8. The highest BCUT2D eigenvalue weighted by Gasteiger charge is 2.24. The SMILES string of the molecule is C=C/C(=C\C(C)=C/C)C(=C)/C(=C\C)C(C)(C)F. The van der Waals surface area contributed by atoms with E-state index in [1.807, 2.05) is 32.9 Å². The van der Waals surface area contributed by atoms with Crippen LogP contribution in [0.3, 0.4) is 0 Å². The first-order valence-electron chi connectivity index (χ1n) is 5.80. The van der Waals surface area contributed by atoms with Gasteiger partial charge in [0, 0.05) is 0 Å². The molecule has 0 radical (unpaired) electrons. The zero-order chi connectivity index (χ0) is 13.6. The molecule has 0 aromatic heterocycles. The highest BCUT2D eigenvalue weighted by atomic mass is 19.1. The molecule has 0 aromatic carbocycles. The Morgan fingerprint density at radius 1 is 1.18 bits per heavy atom. The molecule has 0 unspecified atom stereocenters. The van der Waals surface area contributed by atoms with Crippen LogP contribution in [0.1, 0.15) is 34.6 Å². The molecule has 0 N–H and O–H groups in total. The molecule has 0 fully saturated rings. The second-order valence-electron chi connectivity index (χ2n) is 4.49. The van der Waals surface area contributed by atoms with Gasteiger partial charge < -0.3 is 0 Å². The van der Waals surface area contributed by atoms with Crippen molar-refractivity contribution in [1.29, 1.82) is 0 Å². The molecule has 0 saturated heterocycles. The van der Waals surface area contributed by atoms with E-state index in [1.165, 1.54) is 13.8 Å². The van der Waals surface area contributed by atoms with E-state index in [4.69, 9.17) is 0 Å². The first kappa shape index (κ1) is 15.6. The quantitative estimate of drug-likeness (QED) is 0.565. The molecule has 0 atom stereocenters. The summed E-state index contributed by atoms with van der Waals surface area (Å²) in [6.45, 7) is 16.6. The van der Waals surface area contributed by atoms with Crippen molar-refractivity contribution in [1.82, 2.24) is 0 Å². The average Bonchev–Trinajstić information content (AvgIpc) is 2.24. The van der Waals surface area contributed by atoms with Crippen molar-refractivity contribution >= 4 is 0 Å². The minimum Gasteiger partial charge on any atom is -0.239 e. The summed E-state index contributed by atoms with van der Waals surface area (Å²) < 4.78 is 14.0. The fourth-order valence-electron chi connectivity index (χ4n) is 1.63. The van der Waals surface area contributed by atoms with Crippen LogP contribution in [0.4, 0.5) is 4.39 Å². The van der Waals surface area contributed by atoms with E-state index < -0.39 is 5.67 Å². The third kappa shape index (κ3) is 4.56. The molecule has 0 saturated carbocycles. The summed E-state index contributed by atoms with van der Waals surface area (Å²) in [4.78, 5) is 0. The number of alkyl halides is 1. The van der Waals surface area contributed by atoms with Gasteiger partial charge in [0.05, 0.1) is 0 Å². The van der Waals surface area contributed by atoms with Gasteiger partial charge in [0.1, 0.15) is 5.67 Å². The number of rotatable bonds is 5. The molecular weight excluding hydrogens is 211 g/mol. The second kappa shape index (κ2) is 6.39. The predicted molar refractivity (Wildman–Crippen MR) is 75.8 cm³/mol. The summed E-state index contributed by atoms with van der Waals surface area (Å²) in [6, 6.07) is 0. The number of allylic oxidation sites excluding steroid dienone is 8. The van der Waals surface area contributed by atoms with Gasteiger partial charge in [0.25, 0.3) is 0 Å². The van der Waals surface area contributed by atoms with E-state index in [2.05, 4.69) is 13.2 Å². The van der Waals surface area contributed by atoms with Gasteiger partial charge >= 0.3 is 0 Å². The van der Waals surface area contributed by atoms with Crippen LogP contribution in [0, 0.1) is 0 Å². The maximum absolute atomic E-state index is 14.0. The molecule has 1 heteroatoms. The molecule has 0 aliphatic heterocycles. The number of hydrogen-bond donors (Lipinski definition) is 0. The molecule has 0 spiro atoms. The van der Waals surface area contributed by atoms with Gasteiger partial charge in [-0.15, -0.1) is 0 Å². The Labute approximate surface area is 105 Å². The van der Waals surface area contributed by atoms with Crippen LogP contribution < -0.4 is 0 Å². The summed E-state index contributed by atoms with van der Waals surface area (Å²) in [5, 5.41) is 0.